The number of hydrogen-bond acceptors (Lipinski definition) is 6. The fourth-order valence-corrected chi connectivity index (χ4v) is 4.89. The van der Waals surface area contributed by atoms with Gasteiger partial charge in [-0.2, -0.15) is 0 Å². The highest BCUT2D eigenvalue weighted by Crippen LogP contribution is 2.22. The number of carboxylic acids is 2. The van der Waals surface area contributed by atoms with E-state index in [1.54, 1.807) is 0 Å². The topological polar surface area (TPSA) is 112 Å². The minimum absolute atomic E-state index is 0.0325. The smallest absolute Gasteiger partial charge is 0.359 e. The monoisotopic (exact) mass is 620 g/mol. The van der Waals surface area contributed by atoms with Gasteiger partial charge in [-0.05, 0) is 12.8 Å². The molecule has 2 N–H and O–H groups in total. The van der Waals surface area contributed by atoms with Crippen LogP contribution < -0.4 is 0 Å². The van der Waals surface area contributed by atoms with Gasteiger partial charge in [-0.25, -0.2) is 9.59 Å². The van der Waals surface area contributed by atoms with Gasteiger partial charge in [-0.15, -0.1) is 0 Å². The molecule has 0 aromatic heterocycles. The summed E-state index contributed by atoms with van der Waals surface area (Å²) in [6.45, 7) is 9.47. The maximum atomic E-state index is 11.2. The van der Waals surface area contributed by atoms with Crippen LogP contribution in [-0.2, 0) is 28.5 Å². The number of rotatable bonds is 32. The summed E-state index contributed by atoms with van der Waals surface area (Å²) in [5, 5.41) is 18.4. The zero-order valence-electron chi connectivity index (χ0n) is 28.7. The molecule has 0 aromatic carbocycles. The Bertz CT molecular complexity index is 644. The van der Waals surface area contributed by atoms with Crippen LogP contribution in [0, 0.1) is 5.41 Å². The average molecular weight is 621 g/mol. The summed E-state index contributed by atoms with van der Waals surface area (Å²) in [4.78, 5) is 22.5. The zero-order chi connectivity index (χ0) is 32.5. The molecule has 0 rings (SSSR count). The second-order valence-electron chi connectivity index (χ2n) is 13.7. The third kappa shape index (κ3) is 25.7. The number of nitrogens with zero attached hydrogens (tertiary/aromatic N) is 2. The van der Waals surface area contributed by atoms with Crippen molar-refractivity contribution >= 4 is 11.9 Å². The molecule has 0 radical (unpaired) electrons. The normalized spacial score (nSPS) is 12.6. The largest absolute Gasteiger partial charge is 0.477 e. The van der Waals surface area contributed by atoms with Crippen molar-refractivity contribution in [3.63, 3.8) is 0 Å². The number of hydrogen-bond donors (Lipinski definition) is 2. The van der Waals surface area contributed by atoms with Crippen molar-refractivity contribution in [2.45, 2.75) is 90.9 Å². The van der Waals surface area contributed by atoms with Crippen molar-refractivity contribution in [3.8, 4) is 0 Å². The lowest BCUT2D eigenvalue weighted by Gasteiger charge is -2.34. The molecule has 0 saturated carbocycles. The highest BCUT2D eigenvalue weighted by atomic mass is 16.5. The first-order chi connectivity index (χ1) is 20.4. The van der Waals surface area contributed by atoms with Gasteiger partial charge in [-0.3, -0.25) is 0 Å². The molecule has 0 spiro atoms. The molecule has 43 heavy (non-hydrogen) atoms. The standard InChI is InChI=1S/C33H66N2O8/c1-7-9-11-13-15-17-21-40-27-33(28-41-22-18-16-14-12-10-8-2,29-42-23-19-34(3,4)25-31(36)37)30-43-24-20-35(5,6)26-32(38)39/h7-30H2,1-6H3/p+2. The SMILES string of the molecule is CCCCCCCCOCC(COCCCCCCCC)(COCC[N+](C)(C)CC(=O)O)COCC[N+](C)(C)CC(=O)O. The summed E-state index contributed by atoms with van der Waals surface area (Å²) >= 11 is 0. The maximum Gasteiger partial charge on any atom is 0.359 e. The van der Waals surface area contributed by atoms with Gasteiger partial charge in [0.05, 0.1) is 73.2 Å². The molecule has 256 valence electrons. The molecule has 0 amide bonds. The Labute approximate surface area is 263 Å². The van der Waals surface area contributed by atoms with Gasteiger partial charge in [0.25, 0.3) is 0 Å². The number of carbonyl (C=O) groups is 2. The van der Waals surface area contributed by atoms with Crippen LogP contribution in [0.1, 0.15) is 90.9 Å². The predicted molar refractivity (Wildman–Crippen MR) is 171 cm³/mol. The van der Waals surface area contributed by atoms with E-state index in [1.165, 1.54) is 51.4 Å². The highest BCUT2D eigenvalue weighted by Gasteiger charge is 2.33. The van der Waals surface area contributed by atoms with E-state index in [0.717, 1.165) is 25.7 Å². The van der Waals surface area contributed by atoms with E-state index in [4.69, 9.17) is 18.9 Å². The Hall–Kier alpha value is -1.30. The number of unbranched alkanes of at least 4 members (excludes halogenated alkanes) is 10. The average Bonchev–Trinajstić information content (AvgIpc) is 2.90. The lowest BCUT2D eigenvalue weighted by molar-refractivity contribution is -0.883. The van der Waals surface area contributed by atoms with Gasteiger partial charge < -0.3 is 38.1 Å². The van der Waals surface area contributed by atoms with E-state index in [0.29, 0.717) is 74.9 Å². The van der Waals surface area contributed by atoms with Crippen LogP contribution in [0.3, 0.4) is 0 Å². The van der Waals surface area contributed by atoms with Gasteiger partial charge in [0.1, 0.15) is 13.1 Å². The third-order valence-corrected chi connectivity index (χ3v) is 7.73. The minimum atomic E-state index is -0.830. The lowest BCUT2D eigenvalue weighted by atomic mass is 9.92. The molecular weight excluding hydrogens is 552 g/mol. The minimum Gasteiger partial charge on any atom is -0.477 e. The molecule has 10 nitrogen and oxygen atoms in total. The predicted octanol–water partition coefficient (Wildman–Crippen LogP) is 5.08. The molecule has 0 aliphatic heterocycles. The first-order valence-electron chi connectivity index (χ1n) is 16.8. The Morgan fingerprint density at radius 2 is 0.814 bits per heavy atom. The van der Waals surface area contributed by atoms with Crippen LogP contribution in [0.25, 0.3) is 0 Å². The van der Waals surface area contributed by atoms with Crippen LogP contribution in [-0.4, -0.2) is 138 Å². The number of likely N-dealkylation sites (N-methyl/N-ethyl adjacent to an activating group) is 2. The van der Waals surface area contributed by atoms with E-state index < -0.39 is 17.4 Å². The summed E-state index contributed by atoms with van der Waals surface area (Å²) in [6, 6.07) is 0. The van der Waals surface area contributed by atoms with E-state index in [2.05, 4.69) is 13.8 Å². The van der Waals surface area contributed by atoms with Gasteiger partial charge in [0, 0.05) is 13.2 Å². The summed E-state index contributed by atoms with van der Waals surface area (Å²) < 4.78 is 25.5. The van der Waals surface area contributed by atoms with Crippen LogP contribution in [0.15, 0.2) is 0 Å². The quantitative estimate of drug-likeness (QED) is 0.0791. The van der Waals surface area contributed by atoms with E-state index in [1.807, 2.05) is 28.2 Å². The van der Waals surface area contributed by atoms with Crippen LogP contribution in [0.5, 0.6) is 0 Å². The van der Waals surface area contributed by atoms with Crippen LogP contribution in [0.4, 0.5) is 0 Å². The first-order valence-corrected chi connectivity index (χ1v) is 16.8. The van der Waals surface area contributed by atoms with E-state index in [9.17, 15) is 19.8 Å². The van der Waals surface area contributed by atoms with Gasteiger partial charge in [0.15, 0.2) is 13.1 Å². The van der Waals surface area contributed by atoms with Crippen molar-refractivity contribution < 1.29 is 47.7 Å². The van der Waals surface area contributed by atoms with Crippen molar-refractivity contribution in [2.24, 2.45) is 5.41 Å². The molecule has 0 fully saturated rings. The Kier molecular flexibility index (Phi) is 24.2. The van der Waals surface area contributed by atoms with Crippen molar-refractivity contribution in [3.05, 3.63) is 0 Å². The first kappa shape index (κ1) is 41.7. The van der Waals surface area contributed by atoms with Crippen molar-refractivity contribution in [1.82, 2.24) is 0 Å². The number of carboxylic acid groups (broad SMARTS) is 2. The molecule has 0 atom stereocenters. The summed E-state index contributed by atoms with van der Waals surface area (Å²) in [7, 11) is 7.55. The molecule has 0 saturated heterocycles. The fraction of sp³-hybridized carbons (Fsp3) is 0.939. The van der Waals surface area contributed by atoms with Crippen molar-refractivity contribution in [1.29, 1.82) is 0 Å². The molecule has 0 heterocycles. The summed E-state index contributed by atoms with van der Waals surface area (Å²) in [6.07, 6.45) is 14.3. The number of aliphatic carboxylic acids is 2. The zero-order valence-corrected chi connectivity index (χ0v) is 28.7. The fourth-order valence-electron chi connectivity index (χ4n) is 4.89. The molecule has 0 aromatic rings. The Morgan fingerprint density at radius 1 is 0.512 bits per heavy atom. The molecule has 0 unspecified atom stereocenters. The second-order valence-corrected chi connectivity index (χ2v) is 13.7. The van der Waals surface area contributed by atoms with E-state index >= 15 is 0 Å². The maximum absolute atomic E-state index is 11.2. The molecule has 0 bridgehead atoms. The molecule has 10 heteroatoms. The highest BCUT2D eigenvalue weighted by molar-refractivity contribution is 5.68. The molecule has 0 aliphatic carbocycles. The van der Waals surface area contributed by atoms with Gasteiger partial charge in [-0.1, -0.05) is 78.1 Å². The second kappa shape index (κ2) is 25.0. The van der Waals surface area contributed by atoms with E-state index in [-0.39, 0.29) is 13.1 Å². The number of ether oxygens (including phenoxy) is 4. The Morgan fingerprint density at radius 3 is 1.14 bits per heavy atom. The lowest BCUT2D eigenvalue weighted by Crippen LogP contribution is -2.48. The summed E-state index contributed by atoms with van der Waals surface area (Å²) in [5.74, 6) is -1.66. The summed E-state index contributed by atoms with van der Waals surface area (Å²) in [5.41, 5.74) is -0.516. The van der Waals surface area contributed by atoms with Gasteiger partial charge >= 0.3 is 11.9 Å². The van der Waals surface area contributed by atoms with Crippen molar-refractivity contribution in [2.75, 3.05) is 107 Å². The van der Waals surface area contributed by atoms with Crippen LogP contribution >= 0.6 is 0 Å². The molecular formula is C33H68N2O8+2. The third-order valence-electron chi connectivity index (χ3n) is 7.73. The Balaban J connectivity index is 5.28. The van der Waals surface area contributed by atoms with Crippen LogP contribution in [0.2, 0.25) is 0 Å². The van der Waals surface area contributed by atoms with Gasteiger partial charge in [0.2, 0.25) is 0 Å². The molecule has 0 aliphatic rings. The number of quaternary nitrogens is 2.